The first-order chi connectivity index (χ1) is 14.9. The zero-order valence-electron chi connectivity index (χ0n) is 17.0. The van der Waals surface area contributed by atoms with Crippen molar-refractivity contribution in [3.8, 4) is 5.75 Å². The predicted molar refractivity (Wildman–Crippen MR) is 117 cm³/mol. The van der Waals surface area contributed by atoms with Crippen molar-refractivity contribution in [2.45, 2.75) is 12.5 Å². The molecule has 0 saturated carbocycles. The molecule has 4 rings (SSSR count). The number of nitrogens with one attached hydrogen (secondary N) is 1. The van der Waals surface area contributed by atoms with Gasteiger partial charge in [0.2, 0.25) is 10.0 Å². The second-order valence-corrected chi connectivity index (χ2v) is 8.84. The largest absolute Gasteiger partial charge is 0.496 e. The quantitative estimate of drug-likeness (QED) is 0.632. The lowest BCUT2D eigenvalue weighted by Crippen LogP contribution is -2.27. The lowest BCUT2D eigenvalue weighted by Gasteiger charge is -2.20. The number of methoxy groups -OCH3 is 1. The van der Waals surface area contributed by atoms with E-state index in [9.17, 15) is 13.2 Å². The lowest BCUT2D eigenvalue weighted by molar-refractivity contribution is 0.0689. The summed E-state index contributed by atoms with van der Waals surface area (Å²) in [5.41, 5.74) is 2.16. The Bertz CT molecular complexity index is 1240. The Kier molecular flexibility index (Phi) is 5.51. The van der Waals surface area contributed by atoms with Crippen LogP contribution in [-0.4, -0.2) is 38.4 Å². The molecule has 1 aromatic heterocycles. The van der Waals surface area contributed by atoms with E-state index in [2.05, 4.69) is 9.82 Å². The van der Waals surface area contributed by atoms with Gasteiger partial charge in [-0.3, -0.25) is 9.52 Å². The van der Waals surface area contributed by atoms with E-state index in [1.165, 1.54) is 12.1 Å². The van der Waals surface area contributed by atoms with E-state index in [0.717, 1.165) is 6.26 Å². The Labute approximate surface area is 180 Å². The van der Waals surface area contributed by atoms with Crippen molar-refractivity contribution in [1.29, 1.82) is 0 Å². The number of para-hydroxylation sites is 1. The molecular weight excluding hydrogens is 418 g/mol. The van der Waals surface area contributed by atoms with Crippen LogP contribution >= 0.6 is 0 Å². The van der Waals surface area contributed by atoms with E-state index in [-0.39, 0.29) is 5.91 Å². The number of hydrogen-bond acceptors (Lipinski definition) is 6. The van der Waals surface area contributed by atoms with Gasteiger partial charge in [-0.15, -0.1) is 0 Å². The van der Waals surface area contributed by atoms with E-state index in [4.69, 9.17) is 9.15 Å². The summed E-state index contributed by atoms with van der Waals surface area (Å²) < 4.78 is 36.5. The van der Waals surface area contributed by atoms with Crippen molar-refractivity contribution in [1.82, 2.24) is 5.01 Å². The second-order valence-electron chi connectivity index (χ2n) is 7.09. The second kappa shape index (κ2) is 8.27. The Morgan fingerprint density at radius 1 is 1.16 bits per heavy atom. The fourth-order valence-electron chi connectivity index (χ4n) is 3.50. The van der Waals surface area contributed by atoms with E-state index in [1.54, 1.807) is 60.9 Å². The number of hydrogen-bond donors (Lipinski definition) is 1. The molecule has 0 unspecified atom stereocenters. The third-order valence-corrected chi connectivity index (χ3v) is 5.43. The molecule has 2 aromatic carbocycles. The molecule has 160 valence electrons. The molecule has 3 aromatic rings. The minimum atomic E-state index is -3.41. The number of carbonyl (C=O) groups excluding carboxylic acids is 1. The highest BCUT2D eigenvalue weighted by Gasteiger charge is 2.36. The van der Waals surface area contributed by atoms with Crippen molar-refractivity contribution in [2.75, 3.05) is 18.1 Å². The highest BCUT2D eigenvalue weighted by molar-refractivity contribution is 7.92. The first-order valence-electron chi connectivity index (χ1n) is 9.51. The van der Waals surface area contributed by atoms with Gasteiger partial charge in [0.1, 0.15) is 17.6 Å². The molecule has 8 nitrogen and oxygen atoms in total. The number of amides is 1. The van der Waals surface area contributed by atoms with Crippen LogP contribution in [0.4, 0.5) is 5.69 Å². The molecular formula is C22H21N3O5S. The summed E-state index contributed by atoms with van der Waals surface area (Å²) in [7, 11) is -1.91. The van der Waals surface area contributed by atoms with Crippen molar-refractivity contribution >= 4 is 27.3 Å². The van der Waals surface area contributed by atoms with E-state index in [1.807, 2.05) is 6.07 Å². The van der Waals surface area contributed by atoms with Gasteiger partial charge in [-0.2, -0.15) is 5.10 Å². The summed E-state index contributed by atoms with van der Waals surface area (Å²) in [6.45, 7) is 0. The molecule has 0 radical (unpaired) electrons. The van der Waals surface area contributed by atoms with Crippen molar-refractivity contribution in [3.63, 3.8) is 0 Å². The number of rotatable bonds is 6. The standard InChI is InChI=1S/C22H21N3O5S/c1-29-20-10-4-3-9-17(20)22(26)25-19(21-11-6-12-30-21)14-18(23-25)15-7-5-8-16(13-15)24-31(2,27)28/h3-13,19,24H,14H2,1-2H3/t19-/m0/s1. The van der Waals surface area contributed by atoms with Crippen LogP contribution in [0.2, 0.25) is 0 Å². The molecule has 0 fully saturated rings. The Hall–Kier alpha value is -3.59. The molecule has 1 atom stereocenters. The van der Waals surface area contributed by atoms with Gasteiger partial charge in [0.05, 0.1) is 30.9 Å². The third-order valence-electron chi connectivity index (χ3n) is 4.83. The van der Waals surface area contributed by atoms with Gasteiger partial charge in [0.15, 0.2) is 0 Å². The monoisotopic (exact) mass is 439 g/mol. The van der Waals surface area contributed by atoms with Crippen molar-refractivity contribution in [3.05, 3.63) is 83.8 Å². The van der Waals surface area contributed by atoms with Crippen molar-refractivity contribution < 1.29 is 22.4 Å². The maximum absolute atomic E-state index is 13.4. The number of hydrazone groups is 1. The summed E-state index contributed by atoms with van der Waals surface area (Å²) in [5.74, 6) is 0.736. The number of anilines is 1. The van der Waals surface area contributed by atoms with Gasteiger partial charge in [-0.05, 0) is 42.0 Å². The molecule has 31 heavy (non-hydrogen) atoms. The van der Waals surface area contributed by atoms with Gasteiger partial charge in [-0.25, -0.2) is 13.4 Å². The number of carbonyl (C=O) groups is 1. The Balaban J connectivity index is 1.72. The fourth-order valence-corrected chi connectivity index (χ4v) is 4.05. The zero-order chi connectivity index (χ0) is 22.0. The van der Waals surface area contributed by atoms with Gasteiger partial charge < -0.3 is 9.15 Å². The van der Waals surface area contributed by atoms with Crippen LogP contribution in [0.25, 0.3) is 0 Å². The van der Waals surface area contributed by atoms with E-state index < -0.39 is 16.1 Å². The molecule has 9 heteroatoms. The molecule has 0 aliphatic carbocycles. The smallest absolute Gasteiger partial charge is 0.278 e. The van der Waals surface area contributed by atoms with Gasteiger partial charge >= 0.3 is 0 Å². The van der Waals surface area contributed by atoms with Crippen LogP contribution < -0.4 is 9.46 Å². The van der Waals surface area contributed by atoms with Crippen molar-refractivity contribution in [2.24, 2.45) is 5.10 Å². The summed E-state index contributed by atoms with van der Waals surface area (Å²) in [6.07, 6.45) is 3.06. The minimum absolute atomic E-state index is 0.320. The van der Waals surface area contributed by atoms with Crippen LogP contribution in [0.5, 0.6) is 5.75 Å². The highest BCUT2D eigenvalue weighted by atomic mass is 32.2. The predicted octanol–water partition coefficient (Wildman–Crippen LogP) is 3.65. The van der Waals surface area contributed by atoms with Crippen LogP contribution in [0, 0.1) is 0 Å². The van der Waals surface area contributed by atoms with E-state index >= 15 is 0 Å². The maximum Gasteiger partial charge on any atom is 0.278 e. The van der Waals surface area contributed by atoms with E-state index in [0.29, 0.717) is 40.5 Å². The van der Waals surface area contributed by atoms with Gasteiger partial charge in [0.25, 0.3) is 5.91 Å². The number of sulfonamides is 1. The fraction of sp³-hybridized carbons (Fsp3) is 0.182. The molecule has 0 spiro atoms. The normalized spacial score (nSPS) is 16.1. The topological polar surface area (TPSA) is 101 Å². The molecule has 0 bridgehead atoms. The molecule has 0 saturated heterocycles. The number of benzene rings is 2. The van der Waals surface area contributed by atoms with Crippen LogP contribution in [0.3, 0.4) is 0 Å². The molecule has 1 amide bonds. The molecule has 1 N–H and O–H groups in total. The Morgan fingerprint density at radius 3 is 2.68 bits per heavy atom. The minimum Gasteiger partial charge on any atom is -0.496 e. The summed E-state index contributed by atoms with van der Waals surface area (Å²) in [6, 6.07) is 17.0. The van der Waals surface area contributed by atoms with Crippen LogP contribution in [0.1, 0.15) is 34.1 Å². The Morgan fingerprint density at radius 2 is 1.97 bits per heavy atom. The van der Waals surface area contributed by atoms with Crippen LogP contribution in [0.15, 0.2) is 76.4 Å². The summed E-state index contributed by atoms with van der Waals surface area (Å²) >= 11 is 0. The maximum atomic E-state index is 13.4. The first-order valence-corrected chi connectivity index (χ1v) is 11.4. The molecule has 1 aliphatic heterocycles. The first kappa shape index (κ1) is 20.7. The number of nitrogens with zero attached hydrogens (tertiary/aromatic N) is 2. The highest BCUT2D eigenvalue weighted by Crippen LogP contribution is 2.35. The van der Waals surface area contributed by atoms with Gasteiger partial charge in [-0.1, -0.05) is 24.3 Å². The summed E-state index contributed by atoms with van der Waals surface area (Å²) in [4.78, 5) is 13.4. The van der Waals surface area contributed by atoms with Gasteiger partial charge in [0, 0.05) is 12.1 Å². The third kappa shape index (κ3) is 4.46. The lowest BCUT2D eigenvalue weighted by atomic mass is 10.0. The summed E-state index contributed by atoms with van der Waals surface area (Å²) in [5, 5.41) is 5.98. The number of ether oxygens (including phenoxy) is 1. The SMILES string of the molecule is COc1ccccc1C(=O)N1N=C(c2cccc(NS(C)(=O)=O)c2)C[C@H]1c1ccco1. The average Bonchev–Trinajstić information content (AvgIpc) is 3.42. The number of furan rings is 1. The van der Waals surface area contributed by atoms with Crippen LogP contribution in [-0.2, 0) is 10.0 Å². The molecule has 1 aliphatic rings. The molecule has 2 heterocycles. The average molecular weight is 439 g/mol. The zero-order valence-corrected chi connectivity index (χ0v) is 17.8.